The zero-order valence-corrected chi connectivity index (χ0v) is 23.7. The molecule has 0 saturated heterocycles. The second-order valence-corrected chi connectivity index (χ2v) is 8.49. The van der Waals surface area contributed by atoms with Gasteiger partial charge in [-0.05, 0) is 51.7 Å². The molecule has 0 aliphatic rings. The summed E-state index contributed by atoms with van der Waals surface area (Å²) in [6, 6.07) is 9.16. The summed E-state index contributed by atoms with van der Waals surface area (Å²) in [7, 11) is 8.66. The van der Waals surface area contributed by atoms with Crippen molar-refractivity contribution in [3.05, 3.63) is 52.8 Å². The predicted molar refractivity (Wildman–Crippen MR) is 150 cm³/mol. The van der Waals surface area contributed by atoms with E-state index in [-0.39, 0.29) is 5.78 Å². The Kier molecular flexibility index (Phi) is 11.5. The smallest absolute Gasteiger partial charge is 0.203 e. The first-order valence-corrected chi connectivity index (χ1v) is 12.6. The van der Waals surface area contributed by atoms with Crippen LogP contribution in [0.5, 0.6) is 17.2 Å². The molecule has 0 spiro atoms. The van der Waals surface area contributed by atoms with E-state index in [1.807, 2.05) is 58.1 Å². The molecular weight excluding hydrogens is 470 g/mol. The lowest BCUT2D eigenvalue weighted by molar-refractivity contribution is 0.103. The van der Waals surface area contributed by atoms with Crippen LogP contribution in [0.4, 0.5) is 0 Å². The number of ether oxygens (including phenoxy) is 3. The molecule has 8 nitrogen and oxygen atoms in total. The average molecular weight is 512 g/mol. The molecule has 8 heteroatoms. The maximum Gasteiger partial charge on any atom is 0.203 e. The van der Waals surface area contributed by atoms with Crippen LogP contribution in [0.25, 0.3) is 11.0 Å². The average Bonchev–Trinajstić information content (AvgIpc) is 3.27. The van der Waals surface area contributed by atoms with Gasteiger partial charge < -0.3 is 23.5 Å². The van der Waals surface area contributed by atoms with Crippen LogP contribution in [0.2, 0.25) is 0 Å². The van der Waals surface area contributed by atoms with Gasteiger partial charge in [-0.1, -0.05) is 26.0 Å². The van der Waals surface area contributed by atoms with Crippen molar-refractivity contribution >= 4 is 23.0 Å². The van der Waals surface area contributed by atoms with Gasteiger partial charge >= 0.3 is 0 Å². The van der Waals surface area contributed by atoms with Gasteiger partial charge in [-0.25, -0.2) is 0 Å². The van der Waals surface area contributed by atoms with Crippen LogP contribution >= 0.6 is 0 Å². The van der Waals surface area contributed by atoms with E-state index in [0.29, 0.717) is 46.1 Å². The minimum Gasteiger partial charge on any atom is -0.493 e. The SMILES string of the molecule is CC.CCN(CCN(C)C)/N=C\Cc1oc2cc(C)ccc2c1C(=O)c1cc(OC)c(OC)c(OC)c1. The number of hydrogen-bond donors (Lipinski definition) is 0. The van der Waals surface area contributed by atoms with Crippen LogP contribution < -0.4 is 14.2 Å². The third-order valence-corrected chi connectivity index (χ3v) is 5.76. The Labute approximate surface area is 220 Å². The van der Waals surface area contributed by atoms with Gasteiger partial charge in [-0.2, -0.15) is 5.10 Å². The first kappa shape index (κ1) is 29.7. The molecule has 2 aromatic carbocycles. The van der Waals surface area contributed by atoms with E-state index < -0.39 is 0 Å². The van der Waals surface area contributed by atoms with Crippen LogP contribution in [0, 0.1) is 6.92 Å². The van der Waals surface area contributed by atoms with Gasteiger partial charge in [0.25, 0.3) is 0 Å². The highest BCUT2D eigenvalue weighted by atomic mass is 16.5. The van der Waals surface area contributed by atoms with Gasteiger partial charge in [-0.15, -0.1) is 0 Å². The van der Waals surface area contributed by atoms with E-state index in [2.05, 4.69) is 16.9 Å². The highest BCUT2D eigenvalue weighted by molar-refractivity contribution is 6.17. The first-order valence-electron chi connectivity index (χ1n) is 12.6. The number of likely N-dealkylation sites (N-methyl/N-ethyl adjacent to an activating group) is 2. The number of hydrazone groups is 1. The van der Waals surface area contributed by atoms with Crippen molar-refractivity contribution in [2.24, 2.45) is 5.10 Å². The lowest BCUT2D eigenvalue weighted by Crippen LogP contribution is -2.28. The van der Waals surface area contributed by atoms with E-state index in [0.717, 1.165) is 30.6 Å². The summed E-state index contributed by atoms with van der Waals surface area (Å²) in [5.74, 6) is 1.65. The van der Waals surface area contributed by atoms with Crippen LogP contribution in [0.15, 0.2) is 39.9 Å². The molecule has 0 atom stereocenters. The molecule has 1 aromatic heterocycles. The fourth-order valence-corrected chi connectivity index (χ4v) is 3.86. The van der Waals surface area contributed by atoms with Gasteiger partial charge in [0.2, 0.25) is 5.75 Å². The fourth-order valence-electron chi connectivity index (χ4n) is 3.86. The zero-order valence-electron chi connectivity index (χ0n) is 23.7. The maximum atomic E-state index is 13.8. The predicted octanol–water partition coefficient (Wildman–Crippen LogP) is 5.44. The highest BCUT2D eigenvalue weighted by Crippen LogP contribution is 2.39. The van der Waals surface area contributed by atoms with Crippen LogP contribution in [0.3, 0.4) is 0 Å². The molecule has 0 N–H and O–H groups in total. The summed E-state index contributed by atoms with van der Waals surface area (Å²) in [6.07, 6.45) is 2.19. The summed E-state index contributed by atoms with van der Waals surface area (Å²) in [5.41, 5.74) is 2.66. The van der Waals surface area contributed by atoms with Gasteiger partial charge in [0, 0.05) is 43.2 Å². The molecule has 3 rings (SSSR count). The molecular formula is C29H41N3O5. The standard InChI is InChI=1S/C27H35N3O5.C2H6/c1-8-30(14-13-29(3)4)28-12-11-21-25(20-10-9-18(2)15-22(20)35-21)26(31)19-16-23(32-5)27(34-7)24(17-19)33-6;1-2/h9-10,12,15-17H,8,11,13-14H2,1-7H3;1-2H3/b28-12-;. The number of aryl methyl sites for hydroxylation is 1. The van der Waals surface area contributed by atoms with Crippen LogP contribution in [-0.2, 0) is 6.42 Å². The lowest BCUT2D eigenvalue weighted by atomic mass is 9.98. The van der Waals surface area contributed by atoms with Crippen molar-refractivity contribution < 1.29 is 23.4 Å². The highest BCUT2D eigenvalue weighted by Gasteiger charge is 2.24. The molecule has 0 amide bonds. The topological polar surface area (TPSA) is 76.7 Å². The minimum absolute atomic E-state index is 0.185. The van der Waals surface area contributed by atoms with Gasteiger partial charge in [-0.3, -0.25) is 9.80 Å². The Morgan fingerprint density at radius 3 is 2.19 bits per heavy atom. The third-order valence-electron chi connectivity index (χ3n) is 5.76. The Morgan fingerprint density at radius 1 is 1.00 bits per heavy atom. The minimum atomic E-state index is -0.185. The number of benzene rings is 2. The number of ketones is 1. The third kappa shape index (κ3) is 7.26. The van der Waals surface area contributed by atoms with Crippen molar-refractivity contribution in [1.29, 1.82) is 0 Å². The second kappa shape index (κ2) is 14.3. The lowest BCUT2D eigenvalue weighted by Gasteiger charge is -2.19. The Hall–Kier alpha value is -3.52. The Morgan fingerprint density at radius 2 is 1.65 bits per heavy atom. The maximum absolute atomic E-state index is 13.8. The monoisotopic (exact) mass is 511 g/mol. The van der Waals surface area contributed by atoms with Crippen LogP contribution in [-0.4, -0.2) is 77.0 Å². The number of fused-ring (bicyclic) bond motifs is 1. The summed E-state index contributed by atoms with van der Waals surface area (Å²) in [4.78, 5) is 15.9. The molecule has 0 radical (unpaired) electrons. The normalized spacial score (nSPS) is 11.0. The first-order chi connectivity index (χ1) is 17.8. The molecule has 0 saturated carbocycles. The number of hydrogen-bond acceptors (Lipinski definition) is 8. The molecule has 202 valence electrons. The van der Waals surface area contributed by atoms with Gasteiger partial charge in [0.05, 0.1) is 26.9 Å². The van der Waals surface area contributed by atoms with Crippen LogP contribution in [0.1, 0.15) is 48.0 Å². The van der Waals surface area contributed by atoms with Crippen molar-refractivity contribution in [1.82, 2.24) is 9.91 Å². The Bertz CT molecular complexity index is 1170. The molecule has 0 unspecified atom stereocenters. The fraction of sp³-hybridized carbons (Fsp3) is 0.448. The summed E-state index contributed by atoms with van der Waals surface area (Å²) in [5, 5.41) is 7.36. The zero-order chi connectivity index (χ0) is 27.5. The summed E-state index contributed by atoms with van der Waals surface area (Å²) in [6.45, 7) is 10.6. The van der Waals surface area contributed by atoms with Crippen molar-refractivity contribution in [3.8, 4) is 17.2 Å². The molecule has 0 fully saturated rings. The molecule has 0 bridgehead atoms. The quantitative estimate of drug-likeness (QED) is 0.182. The van der Waals surface area contributed by atoms with Crippen molar-refractivity contribution in [3.63, 3.8) is 0 Å². The number of furan rings is 1. The van der Waals surface area contributed by atoms with Gasteiger partial charge in [0.15, 0.2) is 17.3 Å². The molecule has 3 aromatic rings. The number of methoxy groups -OCH3 is 3. The molecule has 1 heterocycles. The van der Waals surface area contributed by atoms with E-state index in [9.17, 15) is 4.79 Å². The summed E-state index contributed by atoms with van der Waals surface area (Å²) < 4.78 is 22.5. The molecule has 37 heavy (non-hydrogen) atoms. The van der Waals surface area contributed by atoms with E-state index in [1.54, 1.807) is 18.3 Å². The number of nitrogens with zero attached hydrogens (tertiary/aromatic N) is 3. The van der Waals surface area contributed by atoms with Crippen molar-refractivity contribution in [2.45, 2.75) is 34.1 Å². The summed E-state index contributed by atoms with van der Waals surface area (Å²) >= 11 is 0. The van der Waals surface area contributed by atoms with E-state index in [4.69, 9.17) is 18.6 Å². The largest absolute Gasteiger partial charge is 0.493 e. The van der Waals surface area contributed by atoms with E-state index >= 15 is 0 Å². The van der Waals surface area contributed by atoms with Gasteiger partial charge in [0.1, 0.15) is 11.3 Å². The second-order valence-electron chi connectivity index (χ2n) is 8.49. The Balaban J connectivity index is 0.00000235. The molecule has 0 aliphatic carbocycles. The molecule has 0 aliphatic heterocycles. The van der Waals surface area contributed by atoms with Crippen molar-refractivity contribution in [2.75, 3.05) is 55.1 Å². The number of rotatable bonds is 12. The number of carbonyl (C=O) groups is 1. The van der Waals surface area contributed by atoms with E-state index in [1.165, 1.54) is 21.3 Å². The number of carbonyl (C=O) groups excluding carboxylic acids is 1.